The lowest BCUT2D eigenvalue weighted by Gasteiger charge is -2.25. The Bertz CT molecular complexity index is 1210. The minimum Gasteiger partial charge on any atom is -0.494 e. The summed E-state index contributed by atoms with van der Waals surface area (Å²) in [5.41, 5.74) is 3.09. The molecule has 4 aromatic rings. The quantitative estimate of drug-likeness (QED) is 0.335. The van der Waals surface area contributed by atoms with E-state index in [-0.39, 0.29) is 5.82 Å². The van der Waals surface area contributed by atoms with E-state index in [4.69, 9.17) is 4.74 Å². The fourth-order valence-corrected chi connectivity index (χ4v) is 4.80. The predicted octanol–water partition coefficient (Wildman–Crippen LogP) is 5.87. The van der Waals surface area contributed by atoms with Gasteiger partial charge in [-0.05, 0) is 81.6 Å². The molecule has 0 bridgehead atoms. The van der Waals surface area contributed by atoms with Gasteiger partial charge in [-0.2, -0.15) is 0 Å². The van der Waals surface area contributed by atoms with Crippen molar-refractivity contribution in [3.05, 3.63) is 72.7 Å². The van der Waals surface area contributed by atoms with Crippen molar-refractivity contribution in [2.24, 2.45) is 0 Å². The molecule has 6 heteroatoms. The van der Waals surface area contributed by atoms with Crippen molar-refractivity contribution in [3.63, 3.8) is 0 Å². The fourth-order valence-electron chi connectivity index (χ4n) is 4.80. The van der Waals surface area contributed by atoms with E-state index in [0.717, 1.165) is 35.6 Å². The van der Waals surface area contributed by atoms with E-state index in [9.17, 15) is 4.39 Å². The molecule has 2 aromatic heterocycles. The number of likely N-dealkylation sites (tertiary alicyclic amines) is 1. The zero-order chi connectivity index (χ0) is 22.8. The topological polar surface area (TPSA) is 43.2 Å². The third-order valence-corrected chi connectivity index (χ3v) is 6.57. The third-order valence-electron chi connectivity index (χ3n) is 6.57. The maximum atomic E-state index is 13.8. The average molecular weight is 445 g/mol. The summed E-state index contributed by atoms with van der Waals surface area (Å²) in [6, 6.07) is 19.7. The van der Waals surface area contributed by atoms with Gasteiger partial charge in [-0.1, -0.05) is 6.07 Å². The molecule has 1 saturated heterocycles. The Labute approximate surface area is 193 Å². The van der Waals surface area contributed by atoms with Crippen LogP contribution in [0.1, 0.15) is 33.1 Å². The molecule has 0 amide bonds. The van der Waals surface area contributed by atoms with E-state index in [0.29, 0.717) is 30.0 Å². The Hall–Kier alpha value is -3.25. The van der Waals surface area contributed by atoms with Crippen molar-refractivity contribution in [2.75, 3.05) is 13.2 Å². The highest BCUT2D eigenvalue weighted by Crippen LogP contribution is 2.29. The number of fused-ring (bicyclic) bond motifs is 1. The van der Waals surface area contributed by atoms with E-state index in [2.05, 4.69) is 28.7 Å². The van der Waals surface area contributed by atoms with Gasteiger partial charge < -0.3 is 4.74 Å². The van der Waals surface area contributed by atoms with Crippen LogP contribution in [0, 0.1) is 5.82 Å². The number of hydrogen-bond acceptors (Lipinski definition) is 4. The smallest absolute Gasteiger partial charge is 0.164 e. The number of nitrogens with zero attached hydrogens (tertiary/aromatic N) is 4. The number of hydrogen-bond donors (Lipinski definition) is 0. The van der Waals surface area contributed by atoms with Crippen molar-refractivity contribution in [1.29, 1.82) is 0 Å². The Morgan fingerprint density at radius 1 is 1.00 bits per heavy atom. The summed E-state index contributed by atoms with van der Waals surface area (Å²) in [5, 5.41) is 0. The molecule has 0 unspecified atom stereocenters. The second kappa shape index (κ2) is 9.32. The first-order valence-corrected chi connectivity index (χ1v) is 11.7. The van der Waals surface area contributed by atoms with Crippen LogP contribution in [0.25, 0.3) is 28.2 Å². The second-order valence-corrected chi connectivity index (χ2v) is 8.83. The first-order chi connectivity index (χ1) is 16.1. The largest absolute Gasteiger partial charge is 0.494 e. The number of halogens is 1. The van der Waals surface area contributed by atoms with Crippen LogP contribution in [0.3, 0.4) is 0 Å². The summed E-state index contributed by atoms with van der Waals surface area (Å²) in [7, 11) is 0. The monoisotopic (exact) mass is 444 g/mol. The maximum absolute atomic E-state index is 13.8. The van der Waals surface area contributed by atoms with Gasteiger partial charge in [-0.25, -0.2) is 9.37 Å². The molecule has 0 spiro atoms. The van der Waals surface area contributed by atoms with E-state index < -0.39 is 0 Å². The van der Waals surface area contributed by atoms with Gasteiger partial charge in [0.1, 0.15) is 17.3 Å². The Morgan fingerprint density at radius 3 is 2.52 bits per heavy atom. The van der Waals surface area contributed by atoms with Crippen LogP contribution >= 0.6 is 0 Å². The molecule has 2 aromatic carbocycles. The fraction of sp³-hybridized carbons (Fsp3) is 0.333. The summed E-state index contributed by atoms with van der Waals surface area (Å²) in [4.78, 5) is 11.7. The molecule has 0 N–H and O–H groups in total. The van der Waals surface area contributed by atoms with Crippen LogP contribution in [-0.4, -0.2) is 44.7 Å². The normalized spacial score (nSPS) is 18.8. The molecule has 5 nitrogen and oxygen atoms in total. The van der Waals surface area contributed by atoms with Crippen molar-refractivity contribution >= 4 is 11.0 Å². The molecule has 1 aliphatic heterocycles. The van der Waals surface area contributed by atoms with Gasteiger partial charge in [0, 0.05) is 36.6 Å². The standard InChI is InChI=1S/C27H29FN4O/c1-19-7-8-20(2)31(19)16-5-17-33-23-12-10-22(11-13-23)32-26-14-9-21(28)18-25(26)30-27(32)24-6-3-4-15-29-24/h3-4,6,9-15,18-20H,5,7-8,16-17H2,1-2H3/t19-,20-/m1/s1. The zero-order valence-corrected chi connectivity index (χ0v) is 19.1. The van der Waals surface area contributed by atoms with Crippen LogP contribution in [0.2, 0.25) is 0 Å². The van der Waals surface area contributed by atoms with Crippen LogP contribution in [-0.2, 0) is 0 Å². The first kappa shape index (κ1) is 21.6. The summed E-state index contributed by atoms with van der Waals surface area (Å²) in [6.45, 7) is 6.40. The molecular weight excluding hydrogens is 415 g/mol. The van der Waals surface area contributed by atoms with E-state index in [1.165, 1.54) is 25.0 Å². The van der Waals surface area contributed by atoms with Crippen molar-refractivity contribution in [3.8, 4) is 23.0 Å². The highest BCUT2D eigenvalue weighted by Gasteiger charge is 2.26. The number of imidazole rings is 1. The van der Waals surface area contributed by atoms with E-state index in [1.54, 1.807) is 12.3 Å². The lowest BCUT2D eigenvalue weighted by molar-refractivity contribution is 0.191. The van der Waals surface area contributed by atoms with Gasteiger partial charge >= 0.3 is 0 Å². The second-order valence-electron chi connectivity index (χ2n) is 8.83. The SMILES string of the molecule is C[C@@H]1CC[C@@H](C)N1CCCOc1ccc(-n2c(-c3ccccn3)nc3cc(F)ccc32)cc1. The summed E-state index contributed by atoms with van der Waals surface area (Å²) in [5.74, 6) is 1.22. The number of pyridine rings is 1. The van der Waals surface area contributed by atoms with Gasteiger partial charge in [0.25, 0.3) is 0 Å². The maximum Gasteiger partial charge on any atom is 0.164 e. The average Bonchev–Trinajstić information content (AvgIpc) is 3.37. The summed E-state index contributed by atoms with van der Waals surface area (Å²) < 4.78 is 21.9. The molecule has 5 rings (SSSR count). The molecule has 3 heterocycles. The van der Waals surface area contributed by atoms with Crippen LogP contribution in [0.5, 0.6) is 5.75 Å². The Morgan fingerprint density at radius 2 is 1.79 bits per heavy atom. The molecule has 0 radical (unpaired) electrons. The molecule has 1 aliphatic rings. The van der Waals surface area contributed by atoms with Crippen LogP contribution in [0.4, 0.5) is 4.39 Å². The molecule has 170 valence electrons. The number of ether oxygens (including phenoxy) is 1. The summed E-state index contributed by atoms with van der Waals surface area (Å²) in [6.07, 6.45) is 5.33. The molecule has 1 fully saturated rings. The zero-order valence-electron chi connectivity index (χ0n) is 19.1. The van der Waals surface area contributed by atoms with Crippen molar-refractivity contribution in [2.45, 2.75) is 45.2 Å². The highest BCUT2D eigenvalue weighted by atomic mass is 19.1. The Balaban J connectivity index is 1.34. The molecule has 0 saturated carbocycles. The van der Waals surface area contributed by atoms with E-state index in [1.807, 2.05) is 47.0 Å². The van der Waals surface area contributed by atoms with Gasteiger partial charge in [-0.15, -0.1) is 0 Å². The minimum atomic E-state index is -0.304. The summed E-state index contributed by atoms with van der Waals surface area (Å²) >= 11 is 0. The number of rotatable bonds is 7. The van der Waals surface area contributed by atoms with Crippen molar-refractivity contribution in [1.82, 2.24) is 19.4 Å². The van der Waals surface area contributed by atoms with E-state index >= 15 is 0 Å². The van der Waals surface area contributed by atoms with Gasteiger partial charge in [0.2, 0.25) is 0 Å². The third kappa shape index (κ3) is 4.48. The molecule has 33 heavy (non-hydrogen) atoms. The number of benzene rings is 2. The molecule has 2 atom stereocenters. The minimum absolute atomic E-state index is 0.304. The highest BCUT2D eigenvalue weighted by molar-refractivity contribution is 5.82. The number of aromatic nitrogens is 3. The van der Waals surface area contributed by atoms with Crippen LogP contribution < -0.4 is 4.74 Å². The first-order valence-electron chi connectivity index (χ1n) is 11.7. The lowest BCUT2D eigenvalue weighted by Crippen LogP contribution is -2.34. The van der Waals surface area contributed by atoms with Gasteiger partial charge in [0.05, 0.1) is 17.6 Å². The molecule has 0 aliphatic carbocycles. The lowest BCUT2D eigenvalue weighted by atomic mass is 10.2. The van der Waals surface area contributed by atoms with Gasteiger partial charge in [-0.3, -0.25) is 14.5 Å². The van der Waals surface area contributed by atoms with Gasteiger partial charge in [0.15, 0.2) is 5.82 Å². The van der Waals surface area contributed by atoms with Crippen molar-refractivity contribution < 1.29 is 9.13 Å². The Kier molecular flexibility index (Phi) is 6.09. The van der Waals surface area contributed by atoms with Crippen LogP contribution in [0.15, 0.2) is 66.9 Å². The predicted molar refractivity (Wildman–Crippen MR) is 129 cm³/mol. The molecular formula is C27H29FN4O.